The van der Waals surface area contributed by atoms with Gasteiger partial charge in [-0.1, -0.05) is 15.9 Å². The van der Waals surface area contributed by atoms with E-state index in [9.17, 15) is 0 Å². The first-order valence-electron chi connectivity index (χ1n) is 5.23. The minimum Gasteiger partial charge on any atom is -0.497 e. The van der Waals surface area contributed by atoms with Gasteiger partial charge in [0.25, 0.3) is 0 Å². The number of hydrogen-bond donors (Lipinski definition) is 0. The van der Waals surface area contributed by atoms with Crippen LogP contribution in [0.2, 0.25) is 0 Å². The summed E-state index contributed by atoms with van der Waals surface area (Å²) in [5.41, 5.74) is 1.30. The second-order valence-electron chi connectivity index (χ2n) is 4.10. The Bertz CT molecular complexity index is 349. The van der Waals surface area contributed by atoms with Gasteiger partial charge in [0.2, 0.25) is 0 Å². The Kier molecular flexibility index (Phi) is 3.32. The number of rotatable bonds is 4. The maximum Gasteiger partial charge on any atom is 0.119 e. The molecular formula is C12H16BrNO. The van der Waals surface area contributed by atoms with Gasteiger partial charge in [0.15, 0.2) is 0 Å². The molecule has 0 amide bonds. The molecule has 0 N–H and O–H groups in total. The van der Waals surface area contributed by atoms with Gasteiger partial charge in [-0.15, -0.1) is 0 Å². The second kappa shape index (κ2) is 4.54. The summed E-state index contributed by atoms with van der Waals surface area (Å²) >= 11 is 3.58. The molecule has 0 atom stereocenters. The molecule has 0 unspecified atom stereocenters. The van der Waals surface area contributed by atoms with E-state index in [1.54, 1.807) is 7.11 Å². The molecular weight excluding hydrogens is 254 g/mol. The molecule has 82 valence electrons. The van der Waals surface area contributed by atoms with E-state index < -0.39 is 0 Å². The molecule has 2 nitrogen and oxygen atoms in total. The molecule has 2 rings (SSSR count). The average molecular weight is 270 g/mol. The summed E-state index contributed by atoms with van der Waals surface area (Å²) in [6.07, 6.45) is 2.69. The third-order valence-corrected chi connectivity index (χ3v) is 3.62. The van der Waals surface area contributed by atoms with Crippen molar-refractivity contribution >= 4 is 15.9 Å². The van der Waals surface area contributed by atoms with Crippen LogP contribution in [-0.2, 0) is 6.54 Å². The van der Waals surface area contributed by atoms with Gasteiger partial charge in [-0.3, -0.25) is 4.90 Å². The van der Waals surface area contributed by atoms with Crippen LogP contribution in [0, 0.1) is 0 Å². The van der Waals surface area contributed by atoms with Crippen LogP contribution in [0.4, 0.5) is 0 Å². The molecule has 1 aliphatic rings. The lowest BCUT2D eigenvalue weighted by molar-refractivity contribution is 0.315. The average Bonchev–Trinajstić information content (AvgIpc) is 3.04. The first kappa shape index (κ1) is 11.0. The van der Waals surface area contributed by atoms with E-state index in [1.807, 2.05) is 6.07 Å². The van der Waals surface area contributed by atoms with E-state index in [1.165, 1.54) is 18.4 Å². The molecule has 1 saturated carbocycles. The molecule has 0 aliphatic heterocycles. The van der Waals surface area contributed by atoms with Crippen molar-refractivity contribution in [2.45, 2.75) is 25.4 Å². The summed E-state index contributed by atoms with van der Waals surface area (Å²) in [6.45, 7) is 0.989. The quantitative estimate of drug-likeness (QED) is 0.833. The van der Waals surface area contributed by atoms with E-state index in [0.717, 1.165) is 22.8 Å². The van der Waals surface area contributed by atoms with E-state index in [-0.39, 0.29) is 0 Å². The molecule has 1 fully saturated rings. The summed E-state index contributed by atoms with van der Waals surface area (Å²) in [5, 5.41) is 0. The first-order chi connectivity index (χ1) is 7.20. The van der Waals surface area contributed by atoms with Gasteiger partial charge >= 0.3 is 0 Å². The van der Waals surface area contributed by atoms with Gasteiger partial charge in [0.05, 0.1) is 7.11 Å². The highest BCUT2D eigenvalue weighted by atomic mass is 79.9. The van der Waals surface area contributed by atoms with Crippen LogP contribution in [0.1, 0.15) is 18.4 Å². The Morgan fingerprint density at radius 3 is 2.80 bits per heavy atom. The lowest BCUT2D eigenvalue weighted by Crippen LogP contribution is -2.20. The van der Waals surface area contributed by atoms with Crippen molar-refractivity contribution in [1.29, 1.82) is 0 Å². The van der Waals surface area contributed by atoms with Crippen molar-refractivity contribution in [3.63, 3.8) is 0 Å². The zero-order chi connectivity index (χ0) is 10.8. The van der Waals surface area contributed by atoms with Gasteiger partial charge < -0.3 is 4.74 Å². The van der Waals surface area contributed by atoms with Crippen molar-refractivity contribution in [1.82, 2.24) is 4.90 Å². The Hall–Kier alpha value is -0.540. The predicted molar refractivity (Wildman–Crippen MR) is 65.2 cm³/mol. The number of ether oxygens (including phenoxy) is 1. The van der Waals surface area contributed by atoms with Crippen LogP contribution >= 0.6 is 15.9 Å². The lowest BCUT2D eigenvalue weighted by Gasteiger charge is -2.17. The topological polar surface area (TPSA) is 12.5 Å². The number of hydrogen-bond acceptors (Lipinski definition) is 2. The van der Waals surface area contributed by atoms with Crippen LogP contribution in [0.3, 0.4) is 0 Å². The highest BCUT2D eigenvalue weighted by Crippen LogP contribution is 2.29. The highest BCUT2D eigenvalue weighted by Gasteiger charge is 2.26. The first-order valence-corrected chi connectivity index (χ1v) is 6.02. The van der Waals surface area contributed by atoms with Crippen LogP contribution < -0.4 is 4.74 Å². The van der Waals surface area contributed by atoms with E-state index in [4.69, 9.17) is 4.74 Å². The van der Waals surface area contributed by atoms with E-state index >= 15 is 0 Å². The monoisotopic (exact) mass is 269 g/mol. The highest BCUT2D eigenvalue weighted by molar-refractivity contribution is 9.10. The van der Waals surface area contributed by atoms with Crippen molar-refractivity contribution in [3.8, 4) is 5.75 Å². The second-order valence-corrected chi connectivity index (χ2v) is 4.96. The van der Waals surface area contributed by atoms with Crippen LogP contribution in [-0.4, -0.2) is 25.1 Å². The molecule has 0 saturated heterocycles. The van der Waals surface area contributed by atoms with Crippen LogP contribution in [0.25, 0.3) is 0 Å². The number of benzene rings is 1. The van der Waals surface area contributed by atoms with Crippen LogP contribution in [0.5, 0.6) is 5.75 Å². The fourth-order valence-electron chi connectivity index (χ4n) is 1.71. The molecule has 0 aromatic heterocycles. The maximum atomic E-state index is 5.23. The number of methoxy groups -OCH3 is 1. The zero-order valence-electron chi connectivity index (χ0n) is 9.16. The van der Waals surface area contributed by atoms with Gasteiger partial charge in [-0.05, 0) is 43.7 Å². The molecule has 0 spiro atoms. The smallest absolute Gasteiger partial charge is 0.119 e. The third kappa shape index (κ3) is 2.73. The third-order valence-electron chi connectivity index (χ3n) is 2.84. The molecule has 15 heavy (non-hydrogen) atoms. The summed E-state index contributed by atoms with van der Waals surface area (Å²) < 4.78 is 6.39. The van der Waals surface area contributed by atoms with E-state index in [2.05, 4.69) is 40.0 Å². The molecule has 3 heteroatoms. The summed E-state index contributed by atoms with van der Waals surface area (Å²) in [6, 6.07) is 6.92. The van der Waals surface area contributed by atoms with Gasteiger partial charge in [-0.25, -0.2) is 0 Å². The normalized spacial score (nSPS) is 15.7. The summed E-state index contributed by atoms with van der Waals surface area (Å²) in [4.78, 5) is 2.40. The number of nitrogens with zero attached hydrogens (tertiary/aromatic N) is 1. The fourth-order valence-corrected chi connectivity index (χ4v) is 2.08. The van der Waals surface area contributed by atoms with Crippen molar-refractivity contribution in [3.05, 3.63) is 28.2 Å². The molecule has 0 bridgehead atoms. The minimum absolute atomic E-state index is 0.795. The zero-order valence-corrected chi connectivity index (χ0v) is 10.8. The lowest BCUT2D eigenvalue weighted by atomic mass is 10.2. The maximum absolute atomic E-state index is 5.23. The fraction of sp³-hybridized carbons (Fsp3) is 0.500. The standard InChI is InChI=1S/C12H16BrNO/c1-14(10-3-4-10)8-9-7-11(15-2)5-6-12(9)13/h5-7,10H,3-4,8H2,1-2H3. The summed E-state index contributed by atoms with van der Waals surface area (Å²) in [5.74, 6) is 0.928. The largest absolute Gasteiger partial charge is 0.497 e. The van der Waals surface area contributed by atoms with Crippen LogP contribution in [0.15, 0.2) is 22.7 Å². The van der Waals surface area contributed by atoms with Crippen molar-refractivity contribution < 1.29 is 4.74 Å². The SMILES string of the molecule is COc1ccc(Br)c(CN(C)C2CC2)c1. The van der Waals surface area contributed by atoms with Crippen molar-refractivity contribution in [2.24, 2.45) is 0 Å². The van der Waals surface area contributed by atoms with Gasteiger partial charge in [0.1, 0.15) is 5.75 Å². The Labute approximate surface area is 99.4 Å². The molecule has 1 aliphatic carbocycles. The minimum atomic E-state index is 0.795. The van der Waals surface area contributed by atoms with Crippen molar-refractivity contribution in [2.75, 3.05) is 14.2 Å². The Morgan fingerprint density at radius 2 is 2.20 bits per heavy atom. The van der Waals surface area contributed by atoms with E-state index in [0.29, 0.717) is 0 Å². The molecule has 1 aromatic rings. The number of halogens is 1. The summed E-state index contributed by atoms with van der Waals surface area (Å²) in [7, 11) is 3.89. The Morgan fingerprint density at radius 1 is 1.47 bits per heavy atom. The Balaban J connectivity index is 2.11. The molecule has 1 aromatic carbocycles. The predicted octanol–water partition coefficient (Wildman–Crippen LogP) is 3.05. The molecule has 0 radical (unpaired) electrons. The van der Waals surface area contributed by atoms with Gasteiger partial charge in [-0.2, -0.15) is 0 Å². The molecule has 0 heterocycles. The van der Waals surface area contributed by atoms with Gasteiger partial charge in [0, 0.05) is 17.1 Å².